The van der Waals surface area contributed by atoms with Crippen LogP contribution in [0.2, 0.25) is 0 Å². The molecule has 0 spiro atoms. The van der Waals surface area contributed by atoms with Crippen molar-refractivity contribution < 1.29 is 9.59 Å². The minimum atomic E-state index is -1.83. The van der Waals surface area contributed by atoms with Crippen LogP contribution in [0.25, 0.3) is 0 Å². The summed E-state index contributed by atoms with van der Waals surface area (Å²) in [6.45, 7) is 10.4. The van der Waals surface area contributed by atoms with Gasteiger partial charge in [0.25, 0.3) is 0 Å². The Morgan fingerprint density at radius 3 is 1.59 bits per heavy atom. The molecule has 0 aliphatic carbocycles. The molecule has 2 N–H and O–H groups in total. The van der Waals surface area contributed by atoms with Crippen LogP contribution in [0.3, 0.4) is 0 Å². The quantitative estimate of drug-likeness (QED) is 0.129. The molecule has 1 rings (SSSR count). The first kappa shape index (κ1) is 30.5. The summed E-state index contributed by atoms with van der Waals surface area (Å²) in [4.78, 5) is 33.3. The van der Waals surface area contributed by atoms with Gasteiger partial charge in [-0.05, 0) is 6.07 Å². The fourth-order valence-electron chi connectivity index (χ4n) is 1.70. The van der Waals surface area contributed by atoms with Gasteiger partial charge in [-0.15, -0.1) is 0 Å². The lowest BCUT2D eigenvalue weighted by Crippen LogP contribution is -2.46. The van der Waals surface area contributed by atoms with Crippen LogP contribution in [0.4, 0.5) is 0 Å². The van der Waals surface area contributed by atoms with E-state index in [1.165, 1.54) is 6.20 Å². The molecule has 0 aromatic carbocycles. The molecule has 1 aromatic rings. The Morgan fingerprint density at radius 1 is 0.812 bits per heavy atom. The van der Waals surface area contributed by atoms with Crippen LogP contribution in [-0.4, -0.2) is 40.1 Å². The number of nitrogens with zero attached hydrogens (tertiary/aromatic N) is 2. The van der Waals surface area contributed by atoms with E-state index in [9.17, 15) is 9.59 Å². The molecule has 2 unspecified atom stereocenters. The Kier molecular flexibility index (Phi) is 10.9. The Labute approximate surface area is 226 Å². The second-order valence-electron chi connectivity index (χ2n) is 8.70. The monoisotopic (exact) mass is 602 g/mol. The highest BCUT2D eigenvalue weighted by atomic mass is 35.6. The fraction of sp³-hybridized carbons (Fsp3) is 0.667. The molecular formula is C18H24Cl6N4O2S2. The first-order valence-corrected chi connectivity index (χ1v) is 13.2. The first-order chi connectivity index (χ1) is 14.2. The smallest absolute Gasteiger partial charge is 0.226 e. The van der Waals surface area contributed by atoms with Gasteiger partial charge >= 0.3 is 0 Å². The molecule has 0 bridgehead atoms. The maximum absolute atomic E-state index is 12.4. The number of carbonyl (C=O) groups is 2. The number of hydrogen-bond acceptors (Lipinski definition) is 6. The van der Waals surface area contributed by atoms with Gasteiger partial charge in [0, 0.05) is 17.0 Å². The number of hydrogen-bond donors (Lipinski definition) is 2. The number of alkyl halides is 6. The van der Waals surface area contributed by atoms with Crippen LogP contribution in [0.15, 0.2) is 22.4 Å². The van der Waals surface area contributed by atoms with Crippen molar-refractivity contribution in [2.75, 3.05) is 0 Å². The second kappa shape index (κ2) is 11.5. The maximum Gasteiger partial charge on any atom is 0.226 e. The highest BCUT2D eigenvalue weighted by Crippen LogP contribution is 2.41. The topological polar surface area (TPSA) is 84.0 Å². The van der Waals surface area contributed by atoms with Crippen molar-refractivity contribution in [3.63, 3.8) is 0 Å². The van der Waals surface area contributed by atoms with Crippen molar-refractivity contribution in [3.8, 4) is 0 Å². The lowest BCUT2D eigenvalue weighted by molar-refractivity contribution is -0.129. The van der Waals surface area contributed by atoms with E-state index in [0.29, 0.717) is 5.03 Å². The highest BCUT2D eigenvalue weighted by Gasteiger charge is 2.39. The van der Waals surface area contributed by atoms with Crippen molar-refractivity contribution in [3.05, 3.63) is 12.3 Å². The average Bonchev–Trinajstić information content (AvgIpc) is 2.57. The summed E-state index contributed by atoms with van der Waals surface area (Å²) >= 11 is 38.4. The number of nitrogens with one attached hydrogen (secondary N) is 2. The third-order valence-electron chi connectivity index (χ3n) is 3.55. The van der Waals surface area contributed by atoms with Crippen LogP contribution >= 0.6 is 93.1 Å². The van der Waals surface area contributed by atoms with Crippen molar-refractivity contribution in [2.45, 2.75) is 70.1 Å². The van der Waals surface area contributed by atoms with Crippen molar-refractivity contribution in [2.24, 2.45) is 10.8 Å². The average molecular weight is 605 g/mol. The van der Waals surface area contributed by atoms with Gasteiger partial charge in [-0.25, -0.2) is 9.97 Å². The molecule has 2 atom stereocenters. The predicted molar refractivity (Wildman–Crippen MR) is 137 cm³/mol. The summed E-state index contributed by atoms with van der Waals surface area (Å²) in [5.41, 5.74) is -1.39. The molecule has 1 heterocycles. The van der Waals surface area contributed by atoms with E-state index in [2.05, 4.69) is 20.6 Å². The minimum Gasteiger partial charge on any atom is -0.339 e. The summed E-state index contributed by atoms with van der Waals surface area (Å²) < 4.78 is -3.65. The van der Waals surface area contributed by atoms with E-state index in [-0.39, 0.29) is 17.0 Å². The van der Waals surface area contributed by atoms with Crippen molar-refractivity contribution in [1.82, 2.24) is 20.6 Å². The molecule has 0 aliphatic rings. The summed E-state index contributed by atoms with van der Waals surface area (Å²) in [7, 11) is 0. The minimum absolute atomic E-state index is 0.214. The molecule has 32 heavy (non-hydrogen) atoms. The van der Waals surface area contributed by atoms with E-state index in [4.69, 9.17) is 69.6 Å². The zero-order valence-corrected chi connectivity index (χ0v) is 24.3. The summed E-state index contributed by atoms with van der Waals surface area (Å²) in [5, 5.41) is 4.12. The number of aromatic nitrogens is 2. The summed E-state index contributed by atoms with van der Waals surface area (Å²) in [5.74, 6) is -0.612. The lowest BCUT2D eigenvalue weighted by Gasteiger charge is -2.29. The first-order valence-electron chi connectivity index (χ1n) is 9.13. The van der Waals surface area contributed by atoms with E-state index >= 15 is 0 Å². The molecule has 0 saturated heterocycles. The molecule has 182 valence electrons. The van der Waals surface area contributed by atoms with E-state index in [1.807, 2.05) is 0 Å². The Morgan fingerprint density at radius 2 is 1.22 bits per heavy atom. The van der Waals surface area contributed by atoms with Gasteiger partial charge in [0.05, 0.1) is 0 Å². The third-order valence-corrected chi connectivity index (χ3v) is 7.93. The van der Waals surface area contributed by atoms with Crippen LogP contribution < -0.4 is 10.6 Å². The number of carbonyl (C=O) groups excluding carboxylic acids is 2. The molecule has 6 nitrogen and oxygen atoms in total. The summed E-state index contributed by atoms with van der Waals surface area (Å²) in [6, 6.07) is 1.58. The van der Waals surface area contributed by atoms with Gasteiger partial charge in [-0.1, -0.05) is 135 Å². The maximum atomic E-state index is 12.4. The molecule has 0 aliphatic heterocycles. The molecule has 1 aromatic heterocycles. The van der Waals surface area contributed by atoms with Crippen molar-refractivity contribution in [1.29, 1.82) is 0 Å². The summed E-state index contributed by atoms with van der Waals surface area (Å²) in [6.07, 6.45) is 1.47. The molecule has 14 heteroatoms. The fourth-order valence-corrected chi connectivity index (χ4v) is 4.49. The lowest BCUT2D eigenvalue weighted by atomic mass is 9.96. The van der Waals surface area contributed by atoms with Gasteiger partial charge in [0.15, 0.2) is 5.16 Å². The van der Waals surface area contributed by atoms with E-state index < -0.39 is 29.2 Å². The second-order valence-corrected chi connectivity index (χ2v) is 15.6. The number of rotatable bonds is 6. The number of halogens is 6. The molecular weight excluding hydrogens is 581 g/mol. The van der Waals surface area contributed by atoms with Crippen molar-refractivity contribution >= 4 is 105 Å². The predicted octanol–water partition coefficient (Wildman–Crippen LogP) is 6.38. The highest BCUT2D eigenvalue weighted by molar-refractivity contribution is 8.00. The van der Waals surface area contributed by atoms with Crippen LogP contribution in [0.1, 0.15) is 41.5 Å². The SMILES string of the molecule is CC(C)(C)C(=O)NC(Sc1ccnc(SC(NC(=O)C(C)(C)C)C(Cl)(Cl)Cl)n1)C(Cl)(Cl)Cl. The zero-order chi connectivity index (χ0) is 25.1. The van der Waals surface area contributed by atoms with E-state index in [0.717, 1.165) is 23.5 Å². The number of amides is 2. The van der Waals surface area contributed by atoms with E-state index in [1.54, 1.807) is 47.6 Å². The number of thioether (sulfide) groups is 2. The van der Waals surface area contributed by atoms with Crippen LogP contribution in [0, 0.1) is 10.8 Å². The standard InChI is InChI=1S/C18H24Cl6N4O2S2/c1-15(2,3)10(29)27-12(17(19,20)21)31-9-7-8-25-14(26-9)32-13(18(22,23)24)28-11(30)16(4,5)6/h7-8,12-13H,1-6H3,(H,27,29)(H,28,30). The van der Waals surface area contributed by atoms with Gasteiger partial charge in [-0.2, -0.15) is 0 Å². The van der Waals surface area contributed by atoms with Gasteiger partial charge in [-0.3, -0.25) is 9.59 Å². The molecule has 0 fully saturated rings. The van der Waals surface area contributed by atoms with Gasteiger partial charge in [0.2, 0.25) is 19.4 Å². The normalized spacial score (nSPS) is 15.1. The molecule has 0 radical (unpaired) electrons. The Bertz CT molecular complexity index is 756. The van der Waals surface area contributed by atoms with Crippen LogP contribution in [0.5, 0.6) is 0 Å². The zero-order valence-electron chi connectivity index (χ0n) is 18.1. The van der Waals surface area contributed by atoms with Crippen LogP contribution in [-0.2, 0) is 9.59 Å². The van der Waals surface area contributed by atoms with Gasteiger partial charge in [0.1, 0.15) is 15.8 Å². The molecule has 2 amide bonds. The van der Waals surface area contributed by atoms with Gasteiger partial charge < -0.3 is 10.6 Å². The third kappa shape index (κ3) is 10.4. The Balaban J connectivity index is 3.09. The Hall–Kier alpha value is 0.460. The molecule has 0 saturated carbocycles. The largest absolute Gasteiger partial charge is 0.339 e.